The van der Waals surface area contributed by atoms with E-state index < -0.39 is 0 Å². The predicted octanol–water partition coefficient (Wildman–Crippen LogP) is 3.24. The third-order valence-electron chi connectivity index (χ3n) is 4.73. The van der Waals surface area contributed by atoms with Gasteiger partial charge in [0.25, 0.3) is 0 Å². The molecule has 0 aliphatic heterocycles. The summed E-state index contributed by atoms with van der Waals surface area (Å²) < 4.78 is 13.2. The van der Waals surface area contributed by atoms with Crippen molar-refractivity contribution in [1.82, 2.24) is 5.43 Å². The molecule has 110 valence electrons. The largest absolute Gasteiger partial charge is 0.271 e. The molecule has 3 rings (SSSR count). The van der Waals surface area contributed by atoms with Crippen molar-refractivity contribution < 1.29 is 4.39 Å². The molecule has 1 saturated carbocycles. The normalized spacial score (nSPS) is 17.5. The van der Waals surface area contributed by atoms with Gasteiger partial charge in [0, 0.05) is 11.5 Å². The van der Waals surface area contributed by atoms with E-state index in [9.17, 15) is 4.39 Å². The summed E-state index contributed by atoms with van der Waals surface area (Å²) in [6.07, 6.45) is 3.11. The number of nitrogens with one attached hydrogen (secondary N) is 1. The molecule has 2 aromatic carbocycles. The van der Waals surface area contributed by atoms with Crippen molar-refractivity contribution in [3.05, 3.63) is 71.0 Å². The van der Waals surface area contributed by atoms with Crippen LogP contribution in [0.2, 0.25) is 0 Å². The molecule has 2 nitrogen and oxygen atoms in total. The maximum absolute atomic E-state index is 13.2. The van der Waals surface area contributed by atoms with E-state index in [-0.39, 0.29) is 17.3 Å². The van der Waals surface area contributed by atoms with Crippen molar-refractivity contribution in [2.75, 3.05) is 0 Å². The maximum atomic E-state index is 13.2. The van der Waals surface area contributed by atoms with Crippen LogP contribution in [0, 0.1) is 12.7 Å². The Morgan fingerprint density at radius 3 is 2.48 bits per heavy atom. The molecule has 0 aromatic heterocycles. The predicted molar refractivity (Wildman–Crippen MR) is 83.3 cm³/mol. The number of nitrogens with two attached hydrogens (primary N) is 1. The quantitative estimate of drug-likeness (QED) is 0.653. The molecule has 3 heteroatoms. The van der Waals surface area contributed by atoms with Crippen LogP contribution in [0.3, 0.4) is 0 Å². The average molecular weight is 284 g/mol. The molecule has 0 radical (unpaired) electrons. The SMILES string of the molecule is Cc1cc(F)ccc1CC(NN)C1(c2ccccc2)CC1. The van der Waals surface area contributed by atoms with Crippen molar-refractivity contribution in [2.24, 2.45) is 5.84 Å². The van der Waals surface area contributed by atoms with Gasteiger partial charge in [0.05, 0.1) is 0 Å². The van der Waals surface area contributed by atoms with E-state index in [0.717, 1.165) is 30.4 Å². The highest BCUT2D eigenvalue weighted by molar-refractivity contribution is 5.36. The Kier molecular flexibility index (Phi) is 3.79. The van der Waals surface area contributed by atoms with E-state index in [2.05, 4.69) is 29.7 Å². The van der Waals surface area contributed by atoms with Crippen LogP contribution in [0.25, 0.3) is 0 Å². The summed E-state index contributed by atoms with van der Waals surface area (Å²) in [5.41, 5.74) is 6.60. The van der Waals surface area contributed by atoms with E-state index in [1.165, 1.54) is 11.6 Å². The summed E-state index contributed by atoms with van der Waals surface area (Å²) >= 11 is 0. The topological polar surface area (TPSA) is 38.0 Å². The van der Waals surface area contributed by atoms with E-state index in [1.54, 1.807) is 6.07 Å². The molecule has 2 aromatic rings. The minimum absolute atomic E-state index is 0.122. The highest BCUT2D eigenvalue weighted by Crippen LogP contribution is 2.51. The van der Waals surface area contributed by atoms with E-state index in [4.69, 9.17) is 5.84 Å². The van der Waals surface area contributed by atoms with Gasteiger partial charge in [-0.3, -0.25) is 11.3 Å². The van der Waals surface area contributed by atoms with Crippen LogP contribution in [0.15, 0.2) is 48.5 Å². The van der Waals surface area contributed by atoms with E-state index in [1.807, 2.05) is 19.1 Å². The number of rotatable bonds is 5. The van der Waals surface area contributed by atoms with E-state index >= 15 is 0 Å². The first-order valence-electron chi connectivity index (χ1n) is 7.42. The van der Waals surface area contributed by atoms with Crippen LogP contribution in [-0.4, -0.2) is 6.04 Å². The first-order chi connectivity index (χ1) is 10.2. The molecule has 1 fully saturated rings. The first-order valence-corrected chi connectivity index (χ1v) is 7.42. The number of hydrogen-bond donors (Lipinski definition) is 2. The van der Waals surface area contributed by atoms with E-state index in [0.29, 0.717) is 0 Å². The molecule has 0 spiro atoms. The van der Waals surface area contributed by atoms with Crippen LogP contribution in [0.4, 0.5) is 4.39 Å². The number of hydrazine groups is 1. The second-order valence-corrected chi connectivity index (χ2v) is 6.02. The molecular weight excluding hydrogens is 263 g/mol. The van der Waals surface area contributed by atoms with Crippen molar-refractivity contribution in [3.63, 3.8) is 0 Å². The molecule has 3 N–H and O–H groups in total. The lowest BCUT2D eigenvalue weighted by molar-refractivity contribution is 0.420. The summed E-state index contributed by atoms with van der Waals surface area (Å²) in [7, 11) is 0. The van der Waals surface area contributed by atoms with Crippen molar-refractivity contribution in [1.29, 1.82) is 0 Å². The third kappa shape index (κ3) is 2.71. The highest BCUT2D eigenvalue weighted by Gasteiger charge is 2.50. The van der Waals surface area contributed by atoms with Gasteiger partial charge in [-0.15, -0.1) is 0 Å². The zero-order valence-electron chi connectivity index (χ0n) is 12.3. The van der Waals surface area contributed by atoms with Gasteiger partial charge in [-0.2, -0.15) is 0 Å². The zero-order valence-corrected chi connectivity index (χ0v) is 12.3. The summed E-state index contributed by atoms with van der Waals surface area (Å²) in [6, 6.07) is 15.7. The molecule has 21 heavy (non-hydrogen) atoms. The zero-order chi connectivity index (χ0) is 14.9. The van der Waals surface area contributed by atoms with Gasteiger partial charge in [-0.1, -0.05) is 36.4 Å². The Morgan fingerprint density at radius 1 is 1.19 bits per heavy atom. The van der Waals surface area contributed by atoms with Gasteiger partial charge < -0.3 is 0 Å². The molecule has 0 bridgehead atoms. The molecule has 1 unspecified atom stereocenters. The number of aryl methyl sites for hydroxylation is 1. The average Bonchev–Trinajstić information content (AvgIpc) is 3.29. The second kappa shape index (κ2) is 5.58. The molecule has 1 aliphatic rings. The Labute approximate surface area is 125 Å². The van der Waals surface area contributed by atoms with Crippen molar-refractivity contribution >= 4 is 0 Å². The lowest BCUT2D eigenvalue weighted by Gasteiger charge is -2.27. The van der Waals surface area contributed by atoms with Crippen molar-refractivity contribution in [2.45, 2.75) is 37.6 Å². The van der Waals surface area contributed by atoms with Gasteiger partial charge in [-0.05, 0) is 55.0 Å². The highest BCUT2D eigenvalue weighted by atomic mass is 19.1. The Balaban J connectivity index is 1.86. The number of halogens is 1. The number of hydrogen-bond acceptors (Lipinski definition) is 2. The monoisotopic (exact) mass is 284 g/mol. The minimum Gasteiger partial charge on any atom is -0.271 e. The van der Waals surface area contributed by atoms with Crippen LogP contribution < -0.4 is 11.3 Å². The lowest BCUT2D eigenvalue weighted by atomic mass is 9.84. The first kappa shape index (κ1) is 14.2. The Morgan fingerprint density at radius 2 is 1.90 bits per heavy atom. The maximum Gasteiger partial charge on any atom is 0.123 e. The number of benzene rings is 2. The summed E-state index contributed by atoms with van der Waals surface area (Å²) in [4.78, 5) is 0. The van der Waals surface area contributed by atoms with Crippen molar-refractivity contribution in [3.8, 4) is 0 Å². The van der Waals surface area contributed by atoms with Crippen LogP contribution in [-0.2, 0) is 11.8 Å². The molecule has 0 amide bonds. The van der Waals surface area contributed by atoms with Crippen LogP contribution in [0.1, 0.15) is 29.5 Å². The third-order valence-corrected chi connectivity index (χ3v) is 4.73. The Hall–Kier alpha value is -1.71. The Bertz CT molecular complexity index is 620. The van der Waals surface area contributed by atoms with Gasteiger partial charge in [-0.25, -0.2) is 4.39 Å². The minimum atomic E-state index is -0.183. The lowest BCUT2D eigenvalue weighted by Crippen LogP contribution is -2.45. The second-order valence-electron chi connectivity index (χ2n) is 6.02. The fourth-order valence-corrected chi connectivity index (χ4v) is 3.27. The summed E-state index contributed by atoms with van der Waals surface area (Å²) in [6.45, 7) is 1.95. The molecule has 1 aliphatic carbocycles. The molecule has 0 saturated heterocycles. The van der Waals surface area contributed by atoms with Crippen LogP contribution in [0.5, 0.6) is 0 Å². The van der Waals surface area contributed by atoms with Gasteiger partial charge in [0.15, 0.2) is 0 Å². The smallest absolute Gasteiger partial charge is 0.123 e. The summed E-state index contributed by atoms with van der Waals surface area (Å²) in [5.74, 6) is 5.66. The molecular formula is C18H21FN2. The van der Waals surface area contributed by atoms with Crippen LogP contribution >= 0.6 is 0 Å². The molecule has 1 atom stereocenters. The standard InChI is InChI=1S/C18H21FN2/c1-13-11-16(19)8-7-14(13)12-17(21-20)18(9-10-18)15-5-3-2-4-6-15/h2-8,11,17,21H,9-10,12,20H2,1H3. The van der Waals surface area contributed by atoms with Gasteiger partial charge in [0.1, 0.15) is 5.82 Å². The van der Waals surface area contributed by atoms with Gasteiger partial charge in [0.2, 0.25) is 0 Å². The fraction of sp³-hybridized carbons (Fsp3) is 0.333. The summed E-state index contributed by atoms with van der Waals surface area (Å²) in [5, 5.41) is 0. The van der Waals surface area contributed by atoms with Gasteiger partial charge >= 0.3 is 0 Å². The molecule has 0 heterocycles. The fourth-order valence-electron chi connectivity index (χ4n) is 3.27.